The van der Waals surface area contributed by atoms with Gasteiger partial charge in [0.1, 0.15) is 0 Å². The molecule has 1 fully saturated rings. The van der Waals surface area contributed by atoms with E-state index < -0.39 is 0 Å². The van der Waals surface area contributed by atoms with Gasteiger partial charge in [-0.1, -0.05) is 12.8 Å². The van der Waals surface area contributed by atoms with Gasteiger partial charge in [0.2, 0.25) is 5.88 Å². The Kier molecular flexibility index (Phi) is 6.65. The normalized spacial score (nSPS) is 13.9. The number of hydrogen-bond donors (Lipinski definition) is 1. The second-order valence-electron chi connectivity index (χ2n) is 5.78. The third-order valence-electron chi connectivity index (χ3n) is 3.69. The van der Waals surface area contributed by atoms with Crippen LogP contribution in [0, 0.1) is 12.8 Å². The van der Waals surface area contributed by atoms with Crippen molar-refractivity contribution in [2.45, 2.75) is 46.1 Å². The maximum atomic E-state index is 11.2. The van der Waals surface area contributed by atoms with Gasteiger partial charge in [0.15, 0.2) is 0 Å². The molecule has 0 radical (unpaired) electrons. The lowest BCUT2D eigenvalue weighted by Gasteiger charge is -2.10. The molecule has 0 saturated heterocycles. The number of aromatic nitrogens is 1. The lowest BCUT2D eigenvalue weighted by atomic mass is 10.2. The molecule has 1 aromatic rings. The highest BCUT2D eigenvalue weighted by Crippen LogP contribution is 2.32. The van der Waals surface area contributed by atoms with Crippen molar-refractivity contribution in [3.05, 3.63) is 23.4 Å². The Morgan fingerprint density at radius 3 is 2.95 bits per heavy atom. The summed E-state index contributed by atoms with van der Waals surface area (Å²) in [6.45, 7) is 6.32. The van der Waals surface area contributed by atoms with Gasteiger partial charge < -0.3 is 14.8 Å². The number of carbonyl (C=O) groups is 1. The van der Waals surface area contributed by atoms with E-state index in [4.69, 9.17) is 9.47 Å². The minimum atomic E-state index is -0.163. The number of pyridine rings is 1. The molecule has 2 rings (SSSR count). The second kappa shape index (κ2) is 8.73. The van der Waals surface area contributed by atoms with Crippen LogP contribution in [0.25, 0.3) is 0 Å². The lowest BCUT2D eigenvalue weighted by molar-refractivity contribution is -0.142. The molecule has 22 heavy (non-hydrogen) atoms. The molecule has 1 N–H and O–H groups in total. The van der Waals surface area contributed by atoms with Crippen LogP contribution in [0.3, 0.4) is 0 Å². The van der Waals surface area contributed by atoms with E-state index in [0.29, 0.717) is 26.1 Å². The summed E-state index contributed by atoms with van der Waals surface area (Å²) in [7, 11) is 0. The first-order valence-corrected chi connectivity index (χ1v) is 8.13. The fourth-order valence-corrected chi connectivity index (χ4v) is 2.25. The maximum Gasteiger partial charge on any atom is 0.307 e. The molecule has 1 heterocycles. The van der Waals surface area contributed by atoms with Gasteiger partial charge in [-0.3, -0.25) is 4.79 Å². The minimum absolute atomic E-state index is 0.163. The van der Waals surface area contributed by atoms with Gasteiger partial charge in [-0.25, -0.2) is 4.98 Å². The molecule has 1 saturated carbocycles. The molecule has 0 bridgehead atoms. The van der Waals surface area contributed by atoms with Crippen molar-refractivity contribution in [1.82, 2.24) is 10.3 Å². The largest absolute Gasteiger partial charge is 0.477 e. The summed E-state index contributed by atoms with van der Waals surface area (Å²) in [6, 6.07) is 2.08. The van der Waals surface area contributed by atoms with E-state index in [1.54, 1.807) is 0 Å². The standard InChI is InChI=1S/C17H26N2O3/c1-3-21-16(20)6-8-18-11-15-10-13(2)17(19-12-15)22-9-7-14-4-5-14/h10,12,14,18H,3-9,11H2,1-2H3. The SMILES string of the molecule is CCOC(=O)CCNCc1cnc(OCCC2CC2)c(C)c1. The van der Waals surface area contributed by atoms with Crippen molar-refractivity contribution in [2.75, 3.05) is 19.8 Å². The number of hydrogen-bond acceptors (Lipinski definition) is 5. The number of ether oxygens (including phenoxy) is 2. The lowest BCUT2D eigenvalue weighted by Crippen LogP contribution is -2.19. The Morgan fingerprint density at radius 2 is 2.27 bits per heavy atom. The summed E-state index contributed by atoms with van der Waals surface area (Å²) in [5, 5.41) is 3.22. The number of rotatable bonds is 10. The monoisotopic (exact) mass is 306 g/mol. The topological polar surface area (TPSA) is 60.5 Å². The van der Waals surface area contributed by atoms with Gasteiger partial charge >= 0.3 is 5.97 Å². The molecular formula is C17H26N2O3. The molecule has 0 aliphatic heterocycles. The Hall–Kier alpha value is -1.62. The molecule has 1 aliphatic carbocycles. The van der Waals surface area contributed by atoms with Crippen LogP contribution < -0.4 is 10.1 Å². The van der Waals surface area contributed by atoms with Crippen molar-refractivity contribution in [3.8, 4) is 5.88 Å². The van der Waals surface area contributed by atoms with Crippen LogP contribution in [-0.4, -0.2) is 30.7 Å². The third-order valence-corrected chi connectivity index (χ3v) is 3.69. The van der Waals surface area contributed by atoms with Gasteiger partial charge in [-0.2, -0.15) is 0 Å². The van der Waals surface area contributed by atoms with Gasteiger partial charge in [0.25, 0.3) is 0 Å². The smallest absolute Gasteiger partial charge is 0.307 e. The molecule has 0 unspecified atom stereocenters. The highest BCUT2D eigenvalue weighted by Gasteiger charge is 2.20. The number of carbonyl (C=O) groups excluding carboxylic acids is 1. The fourth-order valence-electron chi connectivity index (χ4n) is 2.25. The summed E-state index contributed by atoms with van der Waals surface area (Å²) in [6.07, 6.45) is 6.07. The number of nitrogens with zero attached hydrogens (tertiary/aromatic N) is 1. The molecule has 122 valence electrons. The zero-order valence-electron chi connectivity index (χ0n) is 13.6. The van der Waals surface area contributed by atoms with E-state index in [9.17, 15) is 4.79 Å². The van der Waals surface area contributed by atoms with Crippen LogP contribution in [0.2, 0.25) is 0 Å². The first-order valence-electron chi connectivity index (χ1n) is 8.13. The van der Waals surface area contributed by atoms with E-state index >= 15 is 0 Å². The van der Waals surface area contributed by atoms with Crippen LogP contribution in [0.15, 0.2) is 12.3 Å². The molecule has 0 atom stereocenters. The average molecular weight is 306 g/mol. The van der Waals surface area contributed by atoms with Crippen LogP contribution in [0.1, 0.15) is 43.7 Å². The Morgan fingerprint density at radius 1 is 1.45 bits per heavy atom. The van der Waals surface area contributed by atoms with Gasteiger partial charge in [0.05, 0.1) is 19.6 Å². The predicted molar refractivity (Wildman–Crippen MR) is 84.8 cm³/mol. The van der Waals surface area contributed by atoms with E-state index in [1.165, 1.54) is 12.8 Å². The summed E-state index contributed by atoms with van der Waals surface area (Å²) < 4.78 is 10.6. The summed E-state index contributed by atoms with van der Waals surface area (Å²) >= 11 is 0. The van der Waals surface area contributed by atoms with Crippen LogP contribution in [-0.2, 0) is 16.1 Å². The average Bonchev–Trinajstić information content (AvgIpc) is 3.30. The molecule has 0 aromatic carbocycles. The van der Waals surface area contributed by atoms with Gasteiger partial charge in [0, 0.05) is 24.8 Å². The van der Waals surface area contributed by atoms with Crippen LogP contribution in [0.5, 0.6) is 5.88 Å². The molecule has 0 amide bonds. The third kappa shape index (κ3) is 6.02. The molecule has 0 spiro atoms. The van der Waals surface area contributed by atoms with Crippen molar-refractivity contribution in [3.63, 3.8) is 0 Å². The Labute approximate surface area is 132 Å². The van der Waals surface area contributed by atoms with Gasteiger partial charge in [-0.05, 0) is 37.8 Å². The molecule has 5 nitrogen and oxygen atoms in total. The van der Waals surface area contributed by atoms with Crippen LogP contribution in [0.4, 0.5) is 0 Å². The number of aryl methyl sites for hydroxylation is 1. The van der Waals surface area contributed by atoms with E-state index in [2.05, 4.69) is 16.4 Å². The second-order valence-corrected chi connectivity index (χ2v) is 5.78. The molecule has 1 aromatic heterocycles. The Bertz CT molecular complexity index is 487. The fraction of sp³-hybridized carbons (Fsp3) is 0.647. The number of nitrogens with one attached hydrogen (secondary N) is 1. The molecular weight excluding hydrogens is 280 g/mol. The zero-order valence-corrected chi connectivity index (χ0v) is 13.6. The predicted octanol–water partition coefficient (Wildman–Crippen LogP) is 2.61. The van der Waals surface area contributed by atoms with E-state index in [0.717, 1.165) is 36.0 Å². The van der Waals surface area contributed by atoms with E-state index in [1.807, 2.05) is 20.0 Å². The van der Waals surface area contributed by atoms with Crippen molar-refractivity contribution in [1.29, 1.82) is 0 Å². The molecule has 1 aliphatic rings. The van der Waals surface area contributed by atoms with Crippen molar-refractivity contribution < 1.29 is 14.3 Å². The van der Waals surface area contributed by atoms with Crippen molar-refractivity contribution >= 4 is 5.97 Å². The Balaban J connectivity index is 1.68. The molecule has 5 heteroatoms. The number of esters is 1. The zero-order chi connectivity index (χ0) is 15.8. The first kappa shape index (κ1) is 16.7. The summed E-state index contributed by atoms with van der Waals surface area (Å²) in [5.41, 5.74) is 2.15. The van der Waals surface area contributed by atoms with Crippen molar-refractivity contribution in [2.24, 2.45) is 5.92 Å². The van der Waals surface area contributed by atoms with Gasteiger partial charge in [-0.15, -0.1) is 0 Å². The summed E-state index contributed by atoms with van der Waals surface area (Å²) in [5.74, 6) is 1.45. The highest BCUT2D eigenvalue weighted by atomic mass is 16.5. The first-order chi connectivity index (χ1) is 10.7. The summed E-state index contributed by atoms with van der Waals surface area (Å²) in [4.78, 5) is 15.6. The quantitative estimate of drug-likeness (QED) is 0.532. The minimum Gasteiger partial charge on any atom is -0.477 e. The maximum absolute atomic E-state index is 11.2. The van der Waals surface area contributed by atoms with Crippen LogP contribution >= 0.6 is 0 Å². The highest BCUT2D eigenvalue weighted by molar-refractivity contribution is 5.69. The van der Waals surface area contributed by atoms with E-state index in [-0.39, 0.29) is 5.97 Å².